The van der Waals surface area contributed by atoms with Crippen LogP contribution in [0.4, 0.5) is 0 Å². The summed E-state index contributed by atoms with van der Waals surface area (Å²) in [5.41, 5.74) is 0. The minimum absolute atomic E-state index is 0.108. The number of hydrogen-bond acceptors (Lipinski definition) is 15. The van der Waals surface area contributed by atoms with Gasteiger partial charge in [-0.2, -0.15) is 0 Å². The van der Waals surface area contributed by atoms with Crippen LogP contribution in [0.5, 0.6) is 0 Å². The predicted octanol–water partition coefficient (Wildman–Crippen LogP) is 26.8. The van der Waals surface area contributed by atoms with Gasteiger partial charge in [-0.25, -0.2) is 9.13 Å². The van der Waals surface area contributed by atoms with E-state index >= 15 is 0 Å². The van der Waals surface area contributed by atoms with Gasteiger partial charge in [0.25, 0.3) is 0 Å². The molecule has 0 rings (SSSR count). The smallest absolute Gasteiger partial charge is 0.462 e. The van der Waals surface area contributed by atoms with Crippen LogP contribution in [-0.2, 0) is 65.4 Å². The number of hydrogen-bond donors (Lipinski definition) is 3. The van der Waals surface area contributed by atoms with Crippen molar-refractivity contribution >= 4 is 39.5 Å². The molecule has 3 unspecified atom stereocenters. The average Bonchev–Trinajstić information content (AvgIpc) is 0.899. The molecule has 630 valence electrons. The van der Waals surface area contributed by atoms with E-state index in [1.165, 1.54) is 295 Å². The van der Waals surface area contributed by atoms with Crippen molar-refractivity contribution in [1.82, 2.24) is 0 Å². The van der Waals surface area contributed by atoms with Gasteiger partial charge in [-0.1, -0.05) is 420 Å². The number of esters is 4. The number of rotatable bonds is 87. The summed E-state index contributed by atoms with van der Waals surface area (Å²) >= 11 is 0. The zero-order chi connectivity index (χ0) is 77.6. The summed E-state index contributed by atoms with van der Waals surface area (Å²) in [4.78, 5) is 73.3. The average molecular weight is 1550 g/mol. The summed E-state index contributed by atoms with van der Waals surface area (Å²) in [6, 6.07) is 0. The SMILES string of the molecule is CCCCCCCCCCCCCCCCCCCCCCCCC(=O)O[C@H](COC(=O)CCCCCCCCCCCCCCCCCCCC)COP(=O)(O)OC[C@@H](O)COP(=O)(O)OC[C@@H](COC(=O)CCCCCCCCCCC(C)CC)OC(=O)CCCCCCCCCCCCCCCC. The van der Waals surface area contributed by atoms with Crippen molar-refractivity contribution in [3.05, 3.63) is 0 Å². The molecule has 106 heavy (non-hydrogen) atoms. The van der Waals surface area contributed by atoms with Crippen molar-refractivity contribution < 1.29 is 80.2 Å². The summed E-state index contributed by atoms with van der Waals surface area (Å²) in [5, 5.41) is 10.7. The third kappa shape index (κ3) is 78.7. The van der Waals surface area contributed by atoms with E-state index in [1.54, 1.807) is 0 Å². The van der Waals surface area contributed by atoms with Crippen LogP contribution in [0.1, 0.15) is 471 Å². The fourth-order valence-electron chi connectivity index (χ4n) is 13.6. The lowest BCUT2D eigenvalue weighted by Gasteiger charge is -2.21. The molecule has 0 fully saturated rings. The third-order valence-corrected chi connectivity index (χ3v) is 22.8. The van der Waals surface area contributed by atoms with Crippen LogP contribution in [0, 0.1) is 5.92 Å². The summed E-state index contributed by atoms with van der Waals surface area (Å²) < 4.78 is 68.9. The molecule has 0 radical (unpaired) electrons. The standard InChI is InChI=1S/C87H170O17P2/c1-6-10-13-16-19-22-25-28-31-33-35-36-37-38-40-42-45-48-51-58-63-68-73-87(92)103-82(76-97-84(89)70-65-60-55-49-46-44-41-39-34-32-29-26-23-20-17-14-11-7-2)78-101-105(93,94)99-74-81(88)75-100-106(95,96)102-79-83(77-98-85(90)71-66-61-56-53-52-54-59-64-69-80(5)9-4)104-86(91)72-67-62-57-50-47-43-30-27-24-21-18-15-12-8-3/h80-83,88H,6-79H2,1-5H3,(H,93,94)(H,95,96)/t80?,81-,82-,83-/m1/s1. The summed E-state index contributed by atoms with van der Waals surface area (Å²) in [5.74, 6) is -1.32. The molecule has 0 amide bonds. The van der Waals surface area contributed by atoms with Gasteiger partial charge in [-0.3, -0.25) is 37.3 Å². The quantitative estimate of drug-likeness (QED) is 0.0222. The van der Waals surface area contributed by atoms with Gasteiger partial charge in [0, 0.05) is 25.7 Å². The zero-order valence-corrected chi connectivity index (χ0v) is 71.4. The van der Waals surface area contributed by atoms with Crippen molar-refractivity contribution in [1.29, 1.82) is 0 Å². The highest BCUT2D eigenvalue weighted by Gasteiger charge is 2.30. The fraction of sp³-hybridized carbons (Fsp3) is 0.954. The molecule has 17 nitrogen and oxygen atoms in total. The van der Waals surface area contributed by atoms with Crippen molar-refractivity contribution in [2.24, 2.45) is 5.92 Å². The molecule has 0 heterocycles. The van der Waals surface area contributed by atoms with Crippen LogP contribution < -0.4 is 0 Å². The molecule has 0 spiro atoms. The number of unbranched alkanes of at least 4 members (excludes halogenated alkanes) is 58. The number of aliphatic hydroxyl groups is 1. The van der Waals surface area contributed by atoms with Crippen LogP contribution in [0.3, 0.4) is 0 Å². The molecule has 0 bridgehead atoms. The maximum absolute atomic E-state index is 13.2. The lowest BCUT2D eigenvalue weighted by Crippen LogP contribution is -2.30. The van der Waals surface area contributed by atoms with Gasteiger partial charge in [-0.15, -0.1) is 0 Å². The molecular formula is C87H170O17P2. The second kappa shape index (κ2) is 79.7. The van der Waals surface area contributed by atoms with Crippen LogP contribution >= 0.6 is 15.6 Å². The first kappa shape index (κ1) is 104. The van der Waals surface area contributed by atoms with Crippen LogP contribution in [0.2, 0.25) is 0 Å². The number of phosphoric acid groups is 2. The monoisotopic (exact) mass is 1550 g/mol. The Labute approximate surface area is 651 Å². The molecule has 3 N–H and O–H groups in total. The molecule has 0 aromatic heterocycles. The lowest BCUT2D eigenvalue weighted by molar-refractivity contribution is -0.161. The van der Waals surface area contributed by atoms with Gasteiger partial charge in [-0.05, 0) is 31.6 Å². The Morgan fingerprint density at radius 3 is 0.670 bits per heavy atom. The minimum atomic E-state index is -4.97. The van der Waals surface area contributed by atoms with Gasteiger partial charge >= 0.3 is 39.5 Å². The Balaban J connectivity index is 5.23. The summed E-state index contributed by atoms with van der Waals surface area (Å²) in [6.45, 7) is 7.37. The number of ether oxygens (including phenoxy) is 4. The maximum Gasteiger partial charge on any atom is 0.472 e. The van der Waals surface area contributed by atoms with E-state index in [4.69, 9.17) is 37.0 Å². The molecule has 0 saturated heterocycles. The summed E-state index contributed by atoms with van der Waals surface area (Å²) in [7, 11) is -9.93. The Hall–Kier alpha value is -1.94. The molecule has 0 aromatic rings. The van der Waals surface area contributed by atoms with Crippen LogP contribution in [0.15, 0.2) is 0 Å². The molecule has 0 aliphatic heterocycles. The van der Waals surface area contributed by atoms with Gasteiger partial charge in [0.1, 0.15) is 19.3 Å². The first-order valence-electron chi connectivity index (χ1n) is 45.2. The summed E-state index contributed by atoms with van der Waals surface area (Å²) in [6.07, 6.45) is 73.6. The van der Waals surface area contributed by atoms with Crippen molar-refractivity contribution in [3.63, 3.8) is 0 Å². The molecule has 0 aromatic carbocycles. The second-order valence-electron chi connectivity index (χ2n) is 31.5. The van der Waals surface area contributed by atoms with E-state index in [-0.39, 0.29) is 25.7 Å². The first-order chi connectivity index (χ1) is 51.6. The Morgan fingerprint density at radius 2 is 0.453 bits per heavy atom. The van der Waals surface area contributed by atoms with Crippen LogP contribution in [0.25, 0.3) is 0 Å². The largest absolute Gasteiger partial charge is 0.472 e. The number of carbonyl (C=O) groups excluding carboxylic acids is 4. The van der Waals surface area contributed by atoms with Gasteiger partial charge in [0.2, 0.25) is 0 Å². The van der Waals surface area contributed by atoms with Gasteiger partial charge < -0.3 is 33.8 Å². The number of aliphatic hydroxyl groups excluding tert-OH is 1. The van der Waals surface area contributed by atoms with E-state index in [0.717, 1.165) is 95.8 Å². The van der Waals surface area contributed by atoms with E-state index in [2.05, 4.69) is 34.6 Å². The molecule has 0 aliphatic carbocycles. The van der Waals surface area contributed by atoms with E-state index in [1.807, 2.05) is 0 Å². The predicted molar refractivity (Wildman–Crippen MR) is 437 cm³/mol. The van der Waals surface area contributed by atoms with Crippen molar-refractivity contribution in [3.8, 4) is 0 Å². The van der Waals surface area contributed by atoms with E-state index in [0.29, 0.717) is 25.7 Å². The molecular weight excluding hydrogens is 1380 g/mol. The third-order valence-electron chi connectivity index (χ3n) is 20.9. The molecule has 0 saturated carbocycles. The highest BCUT2D eigenvalue weighted by Crippen LogP contribution is 2.45. The normalized spacial score (nSPS) is 14.0. The molecule has 19 heteroatoms. The highest BCUT2D eigenvalue weighted by molar-refractivity contribution is 7.47. The minimum Gasteiger partial charge on any atom is -0.462 e. The van der Waals surface area contributed by atoms with E-state index in [9.17, 15) is 43.2 Å². The van der Waals surface area contributed by atoms with Gasteiger partial charge in [0.15, 0.2) is 12.2 Å². The highest BCUT2D eigenvalue weighted by atomic mass is 31.2. The molecule has 0 aliphatic rings. The second-order valence-corrected chi connectivity index (χ2v) is 34.4. The van der Waals surface area contributed by atoms with Crippen molar-refractivity contribution in [2.75, 3.05) is 39.6 Å². The van der Waals surface area contributed by atoms with Crippen molar-refractivity contribution in [2.45, 2.75) is 490 Å². The number of carbonyl (C=O) groups is 4. The number of phosphoric ester groups is 2. The maximum atomic E-state index is 13.2. The topological polar surface area (TPSA) is 237 Å². The Kier molecular flexibility index (Phi) is 78.2. The fourth-order valence-corrected chi connectivity index (χ4v) is 15.2. The van der Waals surface area contributed by atoms with E-state index < -0.39 is 97.5 Å². The Morgan fingerprint density at radius 1 is 0.264 bits per heavy atom. The van der Waals surface area contributed by atoms with Crippen LogP contribution in [-0.4, -0.2) is 96.7 Å². The lowest BCUT2D eigenvalue weighted by atomic mass is 9.99. The Bertz CT molecular complexity index is 2020. The molecule has 6 atom stereocenters. The van der Waals surface area contributed by atoms with Gasteiger partial charge in [0.05, 0.1) is 26.4 Å². The first-order valence-corrected chi connectivity index (χ1v) is 48.2. The zero-order valence-electron chi connectivity index (χ0n) is 69.6.